The number of carbonyl (C=O) groups excluding carboxylic acids is 3. The molecule has 1 aromatic carbocycles. The largest absolute Gasteiger partial charge is 0.507 e. The van der Waals surface area contributed by atoms with Gasteiger partial charge in [-0.3, -0.25) is 14.5 Å². The lowest BCUT2D eigenvalue weighted by molar-refractivity contribution is -0.132. The van der Waals surface area contributed by atoms with E-state index in [0.29, 0.717) is 28.5 Å². The van der Waals surface area contributed by atoms with E-state index in [2.05, 4.69) is 18.1 Å². The second-order valence-electron chi connectivity index (χ2n) is 7.61. The van der Waals surface area contributed by atoms with Crippen molar-refractivity contribution in [3.05, 3.63) is 93.7 Å². The number of aliphatic hydroxyl groups is 1. The number of ketones is 1. The van der Waals surface area contributed by atoms with Gasteiger partial charge in [-0.15, -0.1) is 11.3 Å². The van der Waals surface area contributed by atoms with Crippen LogP contribution >= 0.6 is 22.7 Å². The Hall–Kier alpha value is -4.02. The van der Waals surface area contributed by atoms with Crippen molar-refractivity contribution < 1.29 is 29.0 Å². The number of nitrogens with zero attached hydrogens (tertiary/aromatic N) is 2. The molecule has 1 amide bonds. The van der Waals surface area contributed by atoms with Crippen molar-refractivity contribution in [3.8, 4) is 5.75 Å². The van der Waals surface area contributed by atoms with E-state index >= 15 is 0 Å². The summed E-state index contributed by atoms with van der Waals surface area (Å²) in [5.41, 5.74) is 0.654. The molecule has 4 rings (SSSR count). The van der Waals surface area contributed by atoms with E-state index in [9.17, 15) is 19.5 Å². The monoisotopic (exact) mass is 522 g/mol. The van der Waals surface area contributed by atoms with Crippen LogP contribution in [-0.4, -0.2) is 41.0 Å². The van der Waals surface area contributed by atoms with Gasteiger partial charge in [0, 0.05) is 10.4 Å². The van der Waals surface area contributed by atoms with E-state index in [4.69, 9.17) is 9.47 Å². The molecular weight excluding hydrogens is 500 g/mol. The Morgan fingerprint density at radius 3 is 2.53 bits per heavy atom. The molecule has 184 valence electrons. The quantitative estimate of drug-likeness (QED) is 0.138. The van der Waals surface area contributed by atoms with Crippen molar-refractivity contribution in [1.29, 1.82) is 0 Å². The lowest BCUT2D eigenvalue weighted by Crippen LogP contribution is -2.29. The number of aliphatic hydroxyl groups excluding tert-OH is 1. The highest BCUT2D eigenvalue weighted by Crippen LogP contribution is 2.45. The molecule has 0 spiro atoms. The van der Waals surface area contributed by atoms with E-state index < -0.39 is 23.7 Å². The number of Topliss-reactive ketones (excluding diaryl/α,β-unsaturated/α-hetero) is 1. The number of thiophene rings is 1. The van der Waals surface area contributed by atoms with Gasteiger partial charge in [0.15, 0.2) is 5.13 Å². The van der Waals surface area contributed by atoms with Gasteiger partial charge in [-0.05, 0) is 42.6 Å². The molecule has 1 N–H and O–H groups in total. The molecule has 1 aliphatic heterocycles. The zero-order chi connectivity index (χ0) is 25.8. The second-order valence-corrected chi connectivity index (χ2v) is 9.56. The van der Waals surface area contributed by atoms with Crippen LogP contribution in [0, 0.1) is 6.92 Å². The summed E-state index contributed by atoms with van der Waals surface area (Å²) in [4.78, 5) is 45.4. The molecule has 1 saturated heterocycles. The summed E-state index contributed by atoms with van der Waals surface area (Å²) in [6.45, 7) is 9.10. The predicted molar refractivity (Wildman–Crippen MR) is 139 cm³/mol. The van der Waals surface area contributed by atoms with Crippen LogP contribution in [0.15, 0.2) is 72.7 Å². The molecular formula is C26H22N2O6S2. The maximum Gasteiger partial charge on any atom is 0.350 e. The van der Waals surface area contributed by atoms with E-state index in [1.165, 1.54) is 22.3 Å². The number of carbonyl (C=O) groups is 3. The van der Waals surface area contributed by atoms with Crippen LogP contribution < -0.4 is 9.64 Å². The Labute approximate surface area is 215 Å². The second kappa shape index (κ2) is 10.7. The Balaban J connectivity index is 1.78. The fraction of sp³-hybridized carbons (Fsp3) is 0.154. The Kier molecular flexibility index (Phi) is 7.47. The number of esters is 1. The summed E-state index contributed by atoms with van der Waals surface area (Å²) in [6, 6.07) is 9.16. The molecule has 0 aliphatic carbocycles. The van der Waals surface area contributed by atoms with E-state index in [-0.39, 0.29) is 27.9 Å². The average Bonchev–Trinajstić information content (AvgIpc) is 3.60. The van der Waals surface area contributed by atoms with Crippen LogP contribution in [0.3, 0.4) is 0 Å². The summed E-state index contributed by atoms with van der Waals surface area (Å²) in [7, 11) is 0. The molecule has 36 heavy (non-hydrogen) atoms. The summed E-state index contributed by atoms with van der Waals surface area (Å²) in [5, 5.41) is 13.2. The number of benzene rings is 1. The minimum atomic E-state index is -0.913. The summed E-state index contributed by atoms with van der Waals surface area (Å²) in [6.07, 6.45) is 3.06. The summed E-state index contributed by atoms with van der Waals surface area (Å²) in [5.74, 6) is -2.04. The van der Waals surface area contributed by atoms with Crippen molar-refractivity contribution in [3.63, 3.8) is 0 Å². The fourth-order valence-corrected chi connectivity index (χ4v) is 5.45. The number of aromatic nitrogens is 1. The summed E-state index contributed by atoms with van der Waals surface area (Å²) < 4.78 is 10.6. The SMILES string of the molecule is C=CCOC(=O)c1sc(N2C(=O)C(=O)/C(=C(/O)c3ccc(OCC=C)cc3)C2c2cccs2)nc1C. The number of anilines is 1. The summed E-state index contributed by atoms with van der Waals surface area (Å²) >= 11 is 2.28. The first kappa shape index (κ1) is 25.1. The number of rotatable bonds is 9. The third-order valence-electron chi connectivity index (χ3n) is 5.26. The van der Waals surface area contributed by atoms with Crippen molar-refractivity contribution in [1.82, 2.24) is 4.98 Å². The minimum Gasteiger partial charge on any atom is -0.507 e. The topological polar surface area (TPSA) is 106 Å². The molecule has 10 heteroatoms. The Morgan fingerprint density at radius 1 is 1.17 bits per heavy atom. The zero-order valence-corrected chi connectivity index (χ0v) is 20.9. The number of aryl methyl sites for hydroxylation is 1. The first-order valence-electron chi connectivity index (χ1n) is 10.8. The van der Waals surface area contributed by atoms with Gasteiger partial charge in [0.2, 0.25) is 0 Å². The van der Waals surface area contributed by atoms with Crippen LogP contribution in [-0.2, 0) is 14.3 Å². The van der Waals surface area contributed by atoms with Gasteiger partial charge in [-0.1, -0.05) is 42.7 Å². The number of ether oxygens (including phenoxy) is 2. The molecule has 2 aromatic heterocycles. The molecule has 1 unspecified atom stereocenters. The van der Waals surface area contributed by atoms with Crippen LogP contribution in [0.4, 0.5) is 5.13 Å². The minimum absolute atomic E-state index is 0.0304. The number of hydrogen-bond acceptors (Lipinski definition) is 9. The maximum atomic E-state index is 13.2. The van der Waals surface area contributed by atoms with E-state index in [1.54, 1.807) is 49.4 Å². The van der Waals surface area contributed by atoms with Crippen molar-refractivity contribution in [2.24, 2.45) is 0 Å². The third kappa shape index (κ3) is 4.73. The zero-order valence-electron chi connectivity index (χ0n) is 19.3. The van der Waals surface area contributed by atoms with Gasteiger partial charge < -0.3 is 14.6 Å². The number of amides is 1. The van der Waals surface area contributed by atoms with Gasteiger partial charge in [0.1, 0.15) is 35.6 Å². The van der Waals surface area contributed by atoms with Crippen LogP contribution in [0.25, 0.3) is 5.76 Å². The molecule has 8 nitrogen and oxygen atoms in total. The predicted octanol–water partition coefficient (Wildman–Crippen LogP) is 5.05. The van der Waals surface area contributed by atoms with Gasteiger partial charge in [0.05, 0.1) is 11.3 Å². The fourth-order valence-electron chi connectivity index (χ4n) is 3.64. The molecule has 1 aliphatic rings. The van der Waals surface area contributed by atoms with Gasteiger partial charge in [-0.2, -0.15) is 0 Å². The molecule has 3 heterocycles. The van der Waals surface area contributed by atoms with Crippen molar-refractivity contribution >= 4 is 51.2 Å². The van der Waals surface area contributed by atoms with E-state index in [1.807, 2.05) is 5.38 Å². The van der Waals surface area contributed by atoms with Gasteiger partial charge in [0.25, 0.3) is 5.78 Å². The number of thiazole rings is 1. The van der Waals surface area contributed by atoms with Gasteiger partial charge in [-0.25, -0.2) is 9.78 Å². The number of hydrogen-bond donors (Lipinski definition) is 1. The van der Waals surface area contributed by atoms with Crippen molar-refractivity contribution in [2.45, 2.75) is 13.0 Å². The third-order valence-corrected chi connectivity index (χ3v) is 7.32. The van der Waals surface area contributed by atoms with Crippen LogP contribution in [0.2, 0.25) is 0 Å². The lowest BCUT2D eigenvalue weighted by Gasteiger charge is -2.21. The van der Waals surface area contributed by atoms with E-state index in [0.717, 1.165) is 11.3 Å². The molecule has 1 atom stereocenters. The molecule has 0 saturated carbocycles. The van der Waals surface area contributed by atoms with Crippen molar-refractivity contribution in [2.75, 3.05) is 18.1 Å². The standard InChI is InChI=1S/C26H22N2O6S2/c1-4-12-33-17-10-8-16(9-11-17)21(29)19-20(18-7-6-14-35-18)28(24(31)22(19)30)26-27-15(3)23(36-26)25(32)34-13-5-2/h4-11,14,20,29H,1-2,12-13H2,3H3/b21-19+. The van der Waals surface area contributed by atoms with Gasteiger partial charge >= 0.3 is 11.9 Å². The first-order chi connectivity index (χ1) is 17.4. The molecule has 0 radical (unpaired) electrons. The lowest BCUT2D eigenvalue weighted by atomic mass is 10.00. The normalized spacial score (nSPS) is 16.7. The smallest absolute Gasteiger partial charge is 0.350 e. The highest BCUT2D eigenvalue weighted by atomic mass is 32.1. The highest BCUT2D eigenvalue weighted by Gasteiger charge is 2.48. The maximum absolute atomic E-state index is 13.2. The average molecular weight is 523 g/mol. The highest BCUT2D eigenvalue weighted by molar-refractivity contribution is 7.18. The molecule has 1 fully saturated rings. The first-order valence-corrected chi connectivity index (χ1v) is 12.5. The Bertz CT molecular complexity index is 1360. The molecule has 0 bridgehead atoms. The van der Waals surface area contributed by atoms with Crippen LogP contribution in [0.1, 0.15) is 31.8 Å². The molecule has 3 aromatic rings. The Morgan fingerprint density at radius 2 is 1.89 bits per heavy atom. The van der Waals surface area contributed by atoms with Crippen LogP contribution in [0.5, 0.6) is 5.75 Å².